The standard InChI is InChI=1S/C11H21OS.C4H10O3S/c1-4-10(12)8-13-7-5-6-11(2,3)9-13;1-2-3-4-8(5,6)7/h4-9H2,1-3H3;2-4H2,1H3,(H,5,6,7)/q+1;/p-1. The van der Waals surface area contributed by atoms with Gasteiger partial charge in [-0.05, 0) is 30.2 Å². The molecule has 1 atom stereocenters. The zero-order valence-corrected chi connectivity index (χ0v) is 15.4. The second-order valence-corrected chi connectivity index (χ2v) is 10.1. The van der Waals surface area contributed by atoms with Crippen molar-refractivity contribution in [2.75, 3.05) is 23.0 Å². The summed E-state index contributed by atoms with van der Waals surface area (Å²) in [6, 6.07) is 0. The zero-order chi connectivity index (χ0) is 16.5. The molecule has 0 aromatic carbocycles. The van der Waals surface area contributed by atoms with Crippen molar-refractivity contribution in [3.63, 3.8) is 0 Å². The van der Waals surface area contributed by atoms with E-state index in [9.17, 15) is 17.8 Å². The van der Waals surface area contributed by atoms with Gasteiger partial charge in [0, 0.05) is 17.6 Å². The lowest BCUT2D eigenvalue weighted by molar-refractivity contribution is -0.116. The van der Waals surface area contributed by atoms with Crippen molar-refractivity contribution in [2.24, 2.45) is 5.41 Å². The maximum atomic E-state index is 11.3. The van der Waals surface area contributed by atoms with Crippen LogP contribution in [0.1, 0.15) is 59.8 Å². The first-order valence-electron chi connectivity index (χ1n) is 7.69. The number of hydrogen-bond acceptors (Lipinski definition) is 4. The molecular weight excluding hydrogens is 308 g/mol. The second kappa shape index (κ2) is 9.85. The summed E-state index contributed by atoms with van der Waals surface area (Å²) in [5.41, 5.74) is 0.495. The van der Waals surface area contributed by atoms with E-state index in [4.69, 9.17) is 0 Å². The summed E-state index contributed by atoms with van der Waals surface area (Å²) >= 11 is 0. The van der Waals surface area contributed by atoms with Gasteiger partial charge >= 0.3 is 0 Å². The van der Waals surface area contributed by atoms with Crippen LogP contribution in [-0.4, -0.2) is 41.8 Å². The number of carbonyl (C=O) groups excluding carboxylic acids is 1. The van der Waals surface area contributed by atoms with E-state index in [0.717, 1.165) is 18.6 Å². The van der Waals surface area contributed by atoms with Gasteiger partial charge in [0.25, 0.3) is 0 Å². The molecule has 0 saturated carbocycles. The Morgan fingerprint density at radius 3 is 2.29 bits per heavy atom. The molecule has 1 aliphatic heterocycles. The molecule has 1 heterocycles. The van der Waals surface area contributed by atoms with Gasteiger partial charge in [0.15, 0.2) is 11.5 Å². The minimum atomic E-state index is -3.94. The fourth-order valence-corrected chi connectivity index (χ4v) is 5.72. The Kier molecular flexibility index (Phi) is 9.81. The lowest BCUT2D eigenvalue weighted by atomic mass is 9.90. The molecule has 0 spiro atoms. The first kappa shape index (κ1) is 20.9. The van der Waals surface area contributed by atoms with Crippen molar-refractivity contribution in [2.45, 2.75) is 59.8 Å². The first-order chi connectivity index (χ1) is 9.59. The lowest BCUT2D eigenvalue weighted by Crippen LogP contribution is -2.35. The summed E-state index contributed by atoms with van der Waals surface area (Å²) in [4.78, 5) is 11.3. The smallest absolute Gasteiger partial charge is 0.181 e. The van der Waals surface area contributed by atoms with E-state index >= 15 is 0 Å². The van der Waals surface area contributed by atoms with Gasteiger partial charge in [-0.1, -0.05) is 34.1 Å². The van der Waals surface area contributed by atoms with Crippen LogP contribution in [0.2, 0.25) is 0 Å². The Bertz CT molecular complexity index is 402. The van der Waals surface area contributed by atoms with Crippen molar-refractivity contribution >= 4 is 26.8 Å². The summed E-state index contributed by atoms with van der Waals surface area (Å²) in [7, 11) is -3.53. The van der Waals surface area contributed by atoms with Gasteiger partial charge < -0.3 is 4.55 Å². The quantitative estimate of drug-likeness (QED) is 0.551. The monoisotopic (exact) mass is 338 g/mol. The summed E-state index contributed by atoms with van der Waals surface area (Å²) in [6.07, 6.45) is 4.63. The molecule has 0 amide bonds. The van der Waals surface area contributed by atoms with Crippen molar-refractivity contribution in [3.05, 3.63) is 0 Å². The number of rotatable bonds is 6. The van der Waals surface area contributed by atoms with Gasteiger partial charge in [0.1, 0.15) is 11.5 Å². The SMILES string of the molecule is CCC(=O)C[S+]1CCCC(C)(C)C1.CCCCS(=O)(=O)[O-]. The molecule has 1 rings (SSSR count). The Hall–Kier alpha value is -0.0700. The topological polar surface area (TPSA) is 74.3 Å². The van der Waals surface area contributed by atoms with Crippen molar-refractivity contribution in [1.82, 2.24) is 0 Å². The fourth-order valence-electron chi connectivity index (χ4n) is 2.23. The van der Waals surface area contributed by atoms with Gasteiger partial charge in [0.2, 0.25) is 0 Å². The van der Waals surface area contributed by atoms with E-state index in [0.29, 0.717) is 28.5 Å². The van der Waals surface area contributed by atoms with Crippen molar-refractivity contribution in [3.8, 4) is 0 Å². The van der Waals surface area contributed by atoms with Crippen LogP contribution >= 0.6 is 0 Å². The third-order valence-corrected chi connectivity index (χ3v) is 6.96. The van der Waals surface area contributed by atoms with E-state index in [-0.39, 0.29) is 5.75 Å². The first-order valence-corrected chi connectivity index (χ1v) is 11.0. The van der Waals surface area contributed by atoms with Gasteiger partial charge in [-0.15, -0.1) is 0 Å². The molecule has 0 aromatic rings. The predicted molar refractivity (Wildman–Crippen MR) is 89.8 cm³/mol. The third-order valence-electron chi connectivity index (χ3n) is 3.39. The maximum Gasteiger partial charge on any atom is 0.181 e. The average molecular weight is 339 g/mol. The minimum absolute atomic E-state index is 0.219. The van der Waals surface area contributed by atoms with E-state index in [1.54, 1.807) is 0 Å². The van der Waals surface area contributed by atoms with Gasteiger partial charge in [0.05, 0.1) is 10.1 Å². The molecule has 4 nitrogen and oxygen atoms in total. The van der Waals surface area contributed by atoms with E-state index in [2.05, 4.69) is 13.8 Å². The summed E-state index contributed by atoms with van der Waals surface area (Å²) < 4.78 is 29.5. The Labute approximate surface area is 133 Å². The number of hydrogen-bond donors (Lipinski definition) is 0. The third kappa shape index (κ3) is 12.2. The highest BCUT2D eigenvalue weighted by Crippen LogP contribution is 2.31. The van der Waals surface area contributed by atoms with Crippen LogP contribution in [0.15, 0.2) is 0 Å². The van der Waals surface area contributed by atoms with Gasteiger partial charge in [-0.25, -0.2) is 8.42 Å². The maximum absolute atomic E-state index is 11.3. The second-order valence-electron chi connectivity index (χ2n) is 6.38. The highest BCUT2D eigenvalue weighted by molar-refractivity contribution is 7.97. The molecule has 1 saturated heterocycles. The molecular formula is C15H30O4S2. The number of carbonyl (C=O) groups is 1. The van der Waals surface area contributed by atoms with Crippen molar-refractivity contribution in [1.29, 1.82) is 0 Å². The summed E-state index contributed by atoms with van der Waals surface area (Å²) in [6.45, 7) is 8.48. The normalized spacial score (nSPS) is 21.3. The zero-order valence-electron chi connectivity index (χ0n) is 13.8. The lowest BCUT2D eigenvalue weighted by Gasteiger charge is -2.28. The molecule has 0 aliphatic carbocycles. The molecule has 0 aromatic heterocycles. The van der Waals surface area contributed by atoms with Crippen LogP contribution in [0.5, 0.6) is 0 Å². The summed E-state index contributed by atoms with van der Waals surface area (Å²) in [5.74, 6) is 3.68. The highest BCUT2D eigenvalue weighted by Gasteiger charge is 2.35. The molecule has 1 fully saturated rings. The molecule has 0 radical (unpaired) electrons. The number of ketones is 1. The average Bonchev–Trinajstić information content (AvgIpc) is 2.35. The Morgan fingerprint density at radius 2 is 1.90 bits per heavy atom. The van der Waals surface area contributed by atoms with Crippen molar-refractivity contribution < 1.29 is 17.8 Å². The molecule has 1 aliphatic rings. The molecule has 0 N–H and O–H groups in total. The minimum Gasteiger partial charge on any atom is -0.748 e. The van der Waals surface area contributed by atoms with E-state index in [1.165, 1.54) is 24.3 Å². The largest absolute Gasteiger partial charge is 0.748 e. The van der Waals surface area contributed by atoms with E-state index < -0.39 is 10.1 Å². The number of Topliss-reactive ketones (excluding diaryl/α,β-unsaturated/α-hetero) is 1. The molecule has 21 heavy (non-hydrogen) atoms. The Morgan fingerprint density at radius 1 is 1.29 bits per heavy atom. The van der Waals surface area contributed by atoms with Crippen LogP contribution in [0.3, 0.4) is 0 Å². The van der Waals surface area contributed by atoms with Gasteiger partial charge in [-0.2, -0.15) is 0 Å². The highest BCUT2D eigenvalue weighted by atomic mass is 32.2. The van der Waals surface area contributed by atoms with Crippen LogP contribution < -0.4 is 0 Å². The number of unbranched alkanes of at least 4 members (excludes halogenated alkanes) is 1. The predicted octanol–water partition coefficient (Wildman–Crippen LogP) is 2.74. The van der Waals surface area contributed by atoms with Crippen LogP contribution in [0.4, 0.5) is 0 Å². The van der Waals surface area contributed by atoms with Crippen LogP contribution in [-0.2, 0) is 25.8 Å². The van der Waals surface area contributed by atoms with Crippen LogP contribution in [0.25, 0.3) is 0 Å². The summed E-state index contributed by atoms with van der Waals surface area (Å²) in [5, 5.41) is 0. The van der Waals surface area contributed by atoms with Gasteiger partial charge in [-0.3, -0.25) is 4.79 Å². The molecule has 126 valence electrons. The molecule has 6 heteroatoms. The molecule has 1 unspecified atom stereocenters. The van der Waals surface area contributed by atoms with E-state index in [1.807, 2.05) is 13.8 Å². The Balaban J connectivity index is 0.000000433. The van der Waals surface area contributed by atoms with Crippen LogP contribution in [0, 0.1) is 5.41 Å². The fraction of sp³-hybridized carbons (Fsp3) is 0.933. The molecule has 0 bridgehead atoms.